The highest BCUT2D eigenvalue weighted by Crippen LogP contribution is 2.34. The zero-order chi connectivity index (χ0) is 22.2. The van der Waals surface area contributed by atoms with Crippen molar-refractivity contribution in [2.45, 2.75) is 12.5 Å². The lowest BCUT2D eigenvalue weighted by Crippen LogP contribution is -2.50. The van der Waals surface area contributed by atoms with E-state index < -0.39 is 11.7 Å². The van der Waals surface area contributed by atoms with Gasteiger partial charge in [-0.25, -0.2) is 13.9 Å². The van der Waals surface area contributed by atoms with E-state index in [0.717, 1.165) is 62.7 Å². The number of piperazine rings is 1. The fourth-order valence-corrected chi connectivity index (χ4v) is 4.57. The molecule has 2 saturated heterocycles. The monoisotopic (exact) mass is 460 g/mol. The van der Waals surface area contributed by atoms with E-state index >= 15 is 0 Å². The van der Waals surface area contributed by atoms with Crippen molar-refractivity contribution in [1.82, 2.24) is 24.5 Å². The van der Waals surface area contributed by atoms with Crippen LogP contribution >= 0.6 is 11.6 Å². The van der Waals surface area contributed by atoms with Crippen LogP contribution in [0, 0.1) is 5.82 Å². The van der Waals surface area contributed by atoms with Crippen molar-refractivity contribution in [1.29, 1.82) is 0 Å². The van der Waals surface area contributed by atoms with Crippen molar-refractivity contribution < 1.29 is 13.9 Å². The molecule has 1 unspecified atom stereocenters. The predicted octanol–water partition coefficient (Wildman–Crippen LogP) is 1.66. The van der Waals surface area contributed by atoms with Crippen LogP contribution in [0.25, 0.3) is 5.65 Å². The molecule has 0 radical (unpaired) electrons. The van der Waals surface area contributed by atoms with E-state index in [9.17, 15) is 9.18 Å². The third-order valence-corrected chi connectivity index (χ3v) is 6.15. The number of hydrogen-bond acceptors (Lipinski definition) is 8. The number of fused-ring (bicyclic) bond motifs is 1. The van der Waals surface area contributed by atoms with E-state index in [0.29, 0.717) is 22.4 Å². The van der Waals surface area contributed by atoms with Crippen molar-refractivity contribution in [3.05, 3.63) is 41.2 Å². The number of aromatic nitrogens is 4. The molecule has 32 heavy (non-hydrogen) atoms. The molecular weight excluding hydrogens is 439 g/mol. The molecule has 5 rings (SSSR count). The number of nitrogen functional groups attached to an aromatic ring is 1. The second-order valence-electron chi connectivity index (χ2n) is 7.81. The minimum Gasteiger partial charge on any atom is -0.381 e. The molecule has 168 valence electrons. The molecule has 3 aromatic rings. The molecule has 2 aliphatic rings. The van der Waals surface area contributed by atoms with Crippen LogP contribution in [-0.4, -0.2) is 75.8 Å². The molecule has 0 bridgehead atoms. The highest BCUT2D eigenvalue weighted by Gasteiger charge is 2.29. The van der Waals surface area contributed by atoms with Gasteiger partial charge >= 0.3 is 0 Å². The van der Waals surface area contributed by atoms with Crippen molar-refractivity contribution in [2.24, 2.45) is 0 Å². The molecule has 2 aliphatic heterocycles. The van der Waals surface area contributed by atoms with E-state index in [-0.39, 0.29) is 17.0 Å². The first-order valence-electron chi connectivity index (χ1n) is 10.3. The van der Waals surface area contributed by atoms with Crippen LogP contribution in [0.1, 0.15) is 16.8 Å². The summed E-state index contributed by atoms with van der Waals surface area (Å²) in [6.07, 6.45) is 6.27. The molecule has 3 aromatic heterocycles. The maximum Gasteiger partial charge on any atom is 0.263 e. The highest BCUT2D eigenvalue weighted by molar-refractivity contribution is 6.34. The Morgan fingerprint density at radius 3 is 2.81 bits per heavy atom. The minimum absolute atomic E-state index is 0.0514. The molecule has 0 aromatic carbocycles. The summed E-state index contributed by atoms with van der Waals surface area (Å²) in [5.74, 6) is -1.16. The fraction of sp³-hybridized carbons (Fsp3) is 0.400. The molecule has 5 heterocycles. The van der Waals surface area contributed by atoms with Gasteiger partial charge in [-0.1, -0.05) is 11.6 Å². The van der Waals surface area contributed by atoms with Crippen molar-refractivity contribution in [2.75, 3.05) is 55.3 Å². The number of amides is 1. The van der Waals surface area contributed by atoms with Gasteiger partial charge in [0.15, 0.2) is 17.3 Å². The topological polar surface area (TPSA) is 114 Å². The Hall–Kier alpha value is -3.02. The second-order valence-corrected chi connectivity index (χ2v) is 8.22. The number of anilines is 3. The highest BCUT2D eigenvalue weighted by atomic mass is 35.5. The number of nitrogens with zero attached hydrogens (tertiary/aromatic N) is 6. The summed E-state index contributed by atoms with van der Waals surface area (Å²) in [4.78, 5) is 25.7. The molecular formula is C20H22ClFN8O2. The number of hydrogen-bond donors (Lipinski definition) is 2. The Kier molecular flexibility index (Phi) is 5.53. The summed E-state index contributed by atoms with van der Waals surface area (Å²) in [6, 6.07) is 0.458. The lowest BCUT2D eigenvalue weighted by Gasteiger charge is -2.39. The van der Waals surface area contributed by atoms with Crippen LogP contribution in [0.15, 0.2) is 24.8 Å². The number of ether oxygens (including phenoxy) is 1. The number of rotatable bonds is 4. The number of nitrogens with two attached hydrogens (primary N) is 1. The van der Waals surface area contributed by atoms with Crippen LogP contribution in [0.3, 0.4) is 0 Å². The number of pyridine rings is 1. The van der Waals surface area contributed by atoms with Gasteiger partial charge in [-0.05, 0) is 6.42 Å². The van der Waals surface area contributed by atoms with E-state index in [4.69, 9.17) is 22.1 Å². The zero-order valence-corrected chi connectivity index (χ0v) is 17.9. The average molecular weight is 461 g/mol. The van der Waals surface area contributed by atoms with Crippen molar-refractivity contribution in [3.8, 4) is 0 Å². The van der Waals surface area contributed by atoms with Gasteiger partial charge in [0, 0.05) is 45.0 Å². The van der Waals surface area contributed by atoms with Gasteiger partial charge in [-0.2, -0.15) is 0 Å². The lowest BCUT2D eigenvalue weighted by atomic mass is 10.1. The Labute approximate surface area is 188 Å². The SMILES string of the molecule is Nc1nn2cc(F)cnc2c1C(=O)Nc1cncc(Cl)c1N1CCN(C2CCOC2)CC1. The molecule has 10 nitrogen and oxygen atoms in total. The van der Waals surface area contributed by atoms with E-state index in [1.54, 1.807) is 12.4 Å². The number of halogens is 2. The molecule has 1 amide bonds. The second kappa shape index (κ2) is 8.49. The lowest BCUT2D eigenvalue weighted by molar-refractivity contribution is 0.102. The summed E-state index contributed by atoms with van der Waals surface area (Å²) in [7, 11) is 0. The summed E-state index contributed by atoms with van der Waals surface area (Å²) in [5, 5.41) is 7.25. The average Bonchev–Trinajstić information content (AvgIpc) is 3.41. The molecule has 3 N–H and O–H groups in total. The molecule has 0 spiro atoms. The normalized spacial score (nSPS) is 19.6. The number of carbonyl (C=O) groups is 1. The largest absolute Gasteiger partial charge is 0.381 e. The fourth-order valence-electron chi connectivity index (χ4n) is 4.29. The smallest absolute Gasteiger partial charge is 0.263 e. The van der Waals surface area contributed by atoms with E-state index in [1.165, 1.54) is 0 Å². The first kappa shape index (κ1) is 20.9. The summed E-state index contributed by atoms with van der Waals surface area (Å²) < 4.78 is 20.1. The third-order valence-electron chi connectivity index (χ3n) is 5.87. The summed E-state index contributed by atoms with van der Waals surface area (Å²) in [6.45, 7) is 4.83. The van der Waals surface area contributed by atoms with Gasteiger partial charge in [0.25, 0.3) is 5.91 Å². The molecule has 0 aliphatic carbocycles. The van der Waals surface area contributed by atoms with Crippen LogP contribution in [0.4, 0.5) is 21.6 Å². The van der Waals surface area contributed by atoms with Crippen LogP contribution in [0.5, 0.6) is 0 Å². The Balaban J connectivity index is 1.38. The zero-order valence-electron chi connectivity index (χ0n) is 17.2. The van der Waals surface area contributed by atoms with Crippen LogP contribution in [-0.2, 0) is 4.74 Å². The summed E-state index contributed by atoms with van der Waals surface area (Å²) in [5.41, 5.74) is 7.30. The Bertz CT molecular complexity index is 1160. The van der Waals surface area contributed by atoms with Crippen molar-refractivity contribution in [3.63, 3.8) is 0 Å². The van der Waals surface area contributed by atoms with Gasteiger partial charge in [-0.15, -0.1) is 5.10 Å². The first-order chi connectivity index (χ1) is 15.5. The Morgan fingerprint density at radius 1 is 1.25 bits per heavy atom. The van der Waals surface area contributed by atoms with Gasteiger partial charge in [0.1, 0.15) is 5.56 Å². The molecule has 2 fully saturated rings. The molecule has 0 saturated carbocycles. The Morgan fingerprint density at radius 2 is 2.06 bits per heavy atom. The molecule has 1 atom stereocenters. The first-order valence-corrected chi connectivity index (χ1v) is 10.7. The van der Waals surface area contributed by atoms with Crippen LogP contribution < -0.4 is 16.0 Å². The van der Waals surface area contributed by atoms with Gasteiger partial charge in [0.05, 0.1) is 41.6 Å². The third kappa shape index (κ3) is 3.83. The molecule has 12 heteroatoms. The van der Waals surface area contributed by atoms with Gasteiger partial charge < -0.3 is 20.7 Å². The maximum absolute atomic E-state index is 13.5. The van der Waals surface area contributed by atoms with E-state index in [1.807, 2.05) is 0 Å². The van der Waals surface area contributed by atoms with E-state index in [2.05, 4.69) is 30.2 Å². The minimum atomic E-state index is -0.586. The standard InChI is InChI=1S/C20H22ClFN8O2/c21-14-8-24-9-15(17(14)29-4-2-28(3-5-29)13-1-6-32-11-13)26-20(31)16-18(23)27-30-10-12(22)7-25-19(16)30/h7-10,13H,1-6,11H2,(H2,23,27)(H,26,31). The number of nitrogens with one attached hydrogen (secondary N) is 1. The van der Waals surface area contributed by atoms with Gasteiger partial charge in [0.2, 0.25) is 0 Å². The number of carbonyl (C=O) groups excluding carboxylic acids is 1. The summed E-state index contributed by atoms with van der Waals surface area (Å²) >= 11 is 6.49. The van der Waals surface area contributed by atoms with Gasteiger partial charge in [-0.3, -0.25) is 14.7 Å². The maximum atomic E-state index is 13.5. The van der Waals surface area contributed by atoms with Crippen LogP contribution in [0.2, 0.25) is 5.02 Å². The quantitative estimate of drug-likeness (QED) is 0.604. The predicted molar refractivity (Wildman–Crippen MR) is 118 cm³/mol. The van der Waals surface area contributed by atoms with Crippen molar-refractivity contribution >= 4 is 40.3 Å².